The lowest BCUT2D eigenvalue weighted by Crippen LogP contribution is -2.38. The van der Waals surface area contributed by atoms with Crippen LogP contribution in [-0.2, 0) is 14.3 Å². The summed E-state index contributed by atoms with van der Waals surface area (Å²) in [7, 11) is 0. The van der Waals surface area contributed by atoms with E-state index in [1.165, 1.54) is 11.3 Å². The number of ketones is 1. The lowest BCUT2D eigenvalue weighted by atomic mass is 9.97. The fraction of sp³-hybridized carbons (Fsp3) is 0.481. The first-order chi connectivity index (χ1) is 17.0. The summed E-state index contributed by atoms with van der Waals surface area (Å²) in [5.41, 5.74) is 1.49. The molecular formula is C27H34N2O5S. The fourth-order valence-electron chi connectivity index (χ4n) is 4.61. The summed E-state index contributed by atoms with van der Waals surface area (Å²) < 4.78 is 11.2. The van der Waals surface area contributed by atoms with Crippen LogP contribution in [0.25, 0.3) is 5.76 Å². The van der Waals surface area contributed by atoms with Gasteiger partial charge in [-0.05, 0) is 55.0 Å². The molecule has 1 N–H and O–H groups in total. The molecule has 0 aliphatic carbocycles. The van der Waals surface area contributed by atoms with Gasteiger partial charge in [-0.1, -0.05) is 19.4 Å². The van der Waals surface area contributed by atoms with Crippen LogP contribution in [0.5, 0.6) is 5.75 Å². The van der Waals surface area contributed by atoms with Crippen molar-refractivity contribution in [2.24, 2.45) is 0 Å². The molecule has 0 unspecified atom stereocenters. The number of thiophene rings is 1. The van der Waals surface area contributed by atoms with Crippen LogP contribution >= 0.6 is 11.3 Å². The average Bonchev–Trinajstić information content (AvgIpc) is 3.47. The van der Waals surface area contributed by atoms with Gasteiger partial charge < -0.3 is 19.5 Å². The molecule has 2 aliphatic rings. The Morgan fingerprint density at radius 1 is 1.17 bits per heavy atom. The average molecular weight is 499 g/mol. The Morgan fingerprint density at radius 2 is 1.97 bits per heavy atom. The number of carbonyl (C=O) groups is 2. The first-order valence-corrected chi connectivity index (χ1v) is 13.2. The van der Waals surface area contributed by atoms with Crippen molar-refractivity contribution >= 4 is 28.8 Å². The third-order valence-electron chi connectivity index (χ3n) is 6.55. The second kappa shape index (κ2) is 11.8. The molecule has 7 nitrogen and oxygen atoms in total. The Hall–Kier alpha value is -2.68. The van der Waals surface area contributed by atoms with Gasteiger partial charge in [-0.25, -0.2) is 0 Å². The Bertz CT molecular complexity index is 1060. The molecular weight excluding hydrogens is 464 g/mol. The van der Waals surface area contributed by atoms with E-state index in [9.17, 15) is 14.7 Å². The van der Waals surface area contributed by atoms with Crippen molar-refractivity contribution in [3.63, 3.8) is 0 Å². The highest BCUT2D eigenvalue weighted by molar-refractivity contribution is 7.10. The van der Waals surface area contributed by atoms with Gasteiger partial charge in [0.05, 0.1) is 31.4 Å². The maximum atomic E-state index is 13.2. The lowest BCUT2D eigenvalue weighted by Gasteiger charge is -2.28. The number of morpholine rings is 1. The predicted molar refractivity (Wildman–Crippen MR) is 137 cm³/mol. The molecule has 0 saturated carbocycles. The summed E-state index contributed by atoms with van der Waals surface area (Å²) in [5, 5.41) is 13.3. The zero-order valence-corrected chi connectivity index (χ0v) is 21.3. The Kier molecular flexibility index (Phi) is 8.59. The third-order valence-corrected chi connectivity index (χ3v) is 7.47. The van der Waals surface area contributed by atoms with Crippen molar-refractivity contribution in [2.75, 3.05) is 46.0 Å². The van der Waals surface area contributed by atoms with Gasteiger partial charge in [-0.3, -0.25) is 14.5 Å². The smallest absolute Gasteiger partial charge is 0.295 e. The summed E-state index contributed by atoms with van der Waals surface area (Å²) >= 11 is 1.49. The highest BCUT2D eigenvalue weighted by Crippen LogP contribution is 2.41. The number of carbonyl (C=O) groups excluding carboxylic acids is 2. The minimum Gasteiger partial charge on any atom is -0.507 e. The molecule has 0 spiro atoms. The molecule has 1 atom stereocenters. The number of rotatable bonds is 10. The highest BCUT2D eigenvalue weighted by atomic mass is 32.1. The number of ether oxygens (including phenoxy) is 2. The van der Waals surface area contributed by atoms with E-state index in [1.54, 1.807) is 17.0 Å². The van der Waals surface area contributed by atoms with Gasteiger partial charge in [0.25, 0.3) is 11.7 Å². The number of hydrogen-bond acceptors (Lipinski definition) is 7. The molecule has 0 radical (unpaired) electrons. The molecule has 2 aliphatic heterocycles. The molecule has 2 aromatic rings. The second-order valence-corrected chi connectivity index (χ2v) is 9.97. The van der Waals surface area contributed by atoms with Crippen LogP contribution in [0.15, 0.2) is 41.3 Å². The lowest BCUT2D eigenvalue weighted by molar-refractivity contribution is -0.140. The zero-order valence-electron chi connectivity index (χ0n) is 20.5. The van der Waals surface area contributed by atoms with E-state index >= 15 is 0 Å². The van der Waals surface area contributed by atoms with Crippen molar-refractivity contribution in [1.82, 2.24) is 9.80 Å². The summed E-state index contributed by atoms with van der Waals surface area (Å²) in [6.45, 7) is 9.11. The predicted octanol–water partition coefficient (Wildman–Crippen LogP) is 4.38. The van der Waals surface area contributed by atoms with Crippen LogP contribution in [-0.4, -0.2) is 72.6 Å². The Labute approximate surface area is 210 Å². The van der Waals surface area contributed by atoms with Crippen molar-refractivity contribution in [3.8, 4) is 5.75 Å². The molecule has 2 saturated heterocycles. The molecule has 4 rings (SSSR count). The van der Waals surface area contributed by atoms with Crippen molar-refractivity contribution in [2.45, 2.75) is 39.2 Å². The number of unbranched alkanes of at least 4 members (excludes halogenated alkanes) is 1. The number of aryl methyl sites for hydroxylation is 1. The van der Waals surface area contributed by atoms with Gasteiger partial charge in [-0.2, -0.15) is 0 Å². The van der Waals surface area contributed by atoms with Crippen LogP contribution in [0.1, 0.15) is 48.2 Å². The van der Waals surface area contributed by atoms with Crippen LogP contribution < -0.4 is 4.74 Å². The molecule has 35 heavy (non-hydrogen) atoms. The number of amides is 1. The monoisotopic (exact) mass is 498 g/mol. The molecule has 0 bridgehead atoms. The number of aliphatic hydroxyl groups is 1. The van der Waals surface area contributed by atoms with Gasteiger partial charge in [-0.15, -0.1) is 11.3 Å². The Balaban J connectivity index is 1.59. The van der Waals surface area contributed by atoms with E-state index in [2.05, 4.69) is 11.8 Å². The maximum Gasteiger partial charge on any atom is 0.295 e. The number of nitrogens with zero attached hydrogens (tertiary/aromatic N) is 2. The summed E-state index contributed by atoms with van der Waals surface area (Å²) in [6, 6.07) is 8.67. The molecule has 2 fully saturated rings. The van der Waals surface area contributed by atoms with E-state index in [0.29, 0.717) is 18.7 Å². The third kappa shape index (κ3) is 5.77. The van der Waals surface area contributed by atoms with Crippen LogP contribution in [0.3, 0.4) is 0 Å². The fourth-order valence-corrected chi connectivity index (χ4v) is 5.46. The van der Waals surface area contributed by atoms with E-state index in [0.717, 1.165) is 68.3 Å². The minimum absolute atomic E-state index is 0.130. The number of hydrogen-bond donors (Lipinski definition) is 1. The molecule has 1 amide bonds. The van der Waals surface area contributed by atoms with E-state index in [4.69, 9.17) is 9.47 Å². The van der Waals surface area contributed by atoms with Crippen LogP contribution in [0, 0.1) is 6.92 Å². The highest BCUT2D eigenvalue weighted by Gasteiger charge is 2.46. The van der Waals surface area contributed by atoms with E-state index in [-0.39, 0.29) is 11.3 Å². The van der Waals surface area contributed by atoms with Crippen LogP contribution in [0.4, 0.5) is 0 Å². The molecule has 188 valence electrons. The molecule has 1 aromatic carbocycles. The SMILES string of the molecule is CCCCOc1ccc(/C(O)=C2\C(=O)C(=O)N(CCCN3CCOCC3)[C@@H]2c2cccs2)c(C)c1. The minimum atomic E-state index is -0.630. The number of likely N-dealkylation sites (tertiary alicyclic amines) is 1. The maximum absolute atomic E-state index is 13.2. The van der Waals surface area contributed by atoms with Crippen molar-refractivity contribution in [1.29, 1.82) is 0 Å². The van der Waals surface area contributed by atoms with Gasteiger partial charge in [0.1, 0.15) is 11.5 Å². The second-order valence-electron chi connectivity index (χ2n) is 8.99. The normalized spacial score (nSPS) is 20.5. The summed E-state index contributed by atoms with van der Waals surface area (Å²) in [5.74, 6) is -0.583. The first kappa shape index (κ1) is 25.4. The summed E-state index contributed by atoms with van der Waals surface area (Å²) in [6.07, 6.45) is 2.77. The Morgan fingerprint density at radius 3 is 2.66 bits per heavy atom. The van der Waals surface area contributed by atoms with Gasteiger partial charge >= 0.3 is 0 Å². The van der Waals surface area contributed by atoms with Crippen molar-refractivity contribution in [3.05, 3.63) is 57.3 Å². The standard InChI is InChI=1S/C27H34N2O5S/c1-3-4-14-34-20-8-9-21(19(2)18-20)25(30)23-24(22-7-5-17-35-22)29(27(32)26(23)31)11-6-10-28-12-15-33-16-13-28/h5,7-9,17-18,24,30H,3-4,6,10-16H2,1-2H3/b25-23+/t24-/m1/s1. The first-order valence-electron chi connectivity index (χ1n) is 12.4. The van der Waals surface area contributed by atoms with E-state index in [1.807, 2.05) is 30.5 Å². The number of benzene rings is 1. The zero-order chi connectivity index (χ0) is 24.8. The van der Waals surface area contributed by atoms with Crippen LogP contribution in [0.2, 0.25) is 0 Å². The topological polar surface area (TPSA) is 79.3 Å². The largest absolute Gasteiger partial charge is 0.507 e. The van der Waals surface area contributed by atoms with Gasteiger partial charge in [0.15, 0.2) is 0 Å². The number of Topliss-reactive ketones (excluding diaryl/α,β-unsaturated/α-hetero) is 1. The molecule has 1 aromatic heterocycles. The summed E-state index contributed by atoms with van der Waals surface area (Å²) in [4.78, 5) is 31.1. The quantitative estimate of drug-likeness (QED) is 0.227. The molecule has 8 heteroatoms. The van der Waals surface area contributed by atoms with Crippen molar-refractivity contribution < 1.29 is 24.2 Å². The van der Waals surface area contributed by atoms with E-state index < -0.39 is 17.7 Å². The molecule has 3 heterocycles. The number of aliphatic hydroxyl groups excluding tert-OH is 1. The van der Waals surface area contributed by atoms with Gasteiger partial charge in [0, 0.05) is 36.6 Å². The van der Waals surface area contributed by atoms with Gasteiger partial charge in [0.2, 0.25) is 0 Å².